The standard InChI is InChI=1S/C8H12O5/c1-4-13-6(8(10)12-3)5-7(9)11-2/h5H,4H2,1-3H3. The van der Waals surface area contributed by atoms with E-state index in [4.69, 9.17) is 4.74 Å². The Morgan fingerprint density at radius 1 is 1.23 bits per heavy atom. The molecule has 0 heterocycles. The summed E-state index contributed by atoms with van der Waals surface area (Å²) in [7, 11) is 2.41. The molecule has 0 aromatic rings. The molecule has 0 spiro atoms. The van der Waals surface area contributed by atoms with Crippen molar-refractivity contribution in [1.29, 1.82) is 0 Å². The molecule has 0 fully saturated rings. The summed E-state index contributed by atoms with van der Waals surface area (Å²) in [6.45, 7) is 1.96. The van der Waals surface area contributed by atoms with Crippen molar-refractivity contribution in [3.63, 3.8) is 0 Å². The second kappa shape index (κ2) is 6.05. The number of ether oxygens (including phenoxy) is 3. The first-order valence-corrected chi connectivity index (χ1v) is 3.66. The zero-order valence-corrected chi connectivity index (χ0v) is 7.83. The molecule has 5 nitrogen and oxygen atoms in total. The lowest BCUT2D eigenvalue weighted by Gasteiger charge is -2.04. The van der Waals surface area contributed by atoms with Crippen LogP contribution in [0, 0.1) is 0 Å². The molecule has 74 valence electrons. The van der Waals surface area contributed by atoms with E-state index in [1.807, 2.05) is 0 Å². The highest BCUT2D eigenvalue weighted by atomic mass is 16.6. The number of methoxy groups -OCH3 is 2. The smallest absolute Gasteiger partial charge is 0.373 e. The predicted molar refractivity (Wildman–Crippen MR) is 43.7 cm³/mol. The van der Waals surface area contributed by atoms with Crippen molar-refractivity contribution >= 4 is 11.9 Å². The van der Waals surface area contributed by atoms with Crippen molar-refractivity contribution in [2.75, 3.05) is 20.8 Å². The van der Waals surface area contributed by atoms with Gasteiger partial charge in [-0.15, -0.1) is 0 Å². The third-order valence-electron chi connectivity index (χ3n) is 1.14. The predicted octanol–water partition coefficient (Wildman–Crippen LogP) is 0.253. The number of carbonyl (C=O) groups excluding carboxylic acids is 2. The average Bonchev–Trinajstić information content (AvgIpc) is 2.15. The van der Waals surface area contributed by atoms with Gasteiger partial charge in [-0.1, -0.05) is 0 Å². The maximum Gasteiger partial charge on any atom is 0.373 e. The van der Waals surface area contributed by atoms with E-state index in [9.17, 15) is 9.59 Å². The van der Waals surface area contributed by atoms with Crippen LogP contribution in [0.2, 0.25) is 0 Å². The summed E-state index contributed by atoms with van der Waals surface area (Å²) in [6.07, 6.45) is 0.940. The molecule has 0 aromatic heterocycles. The summed E-state index contributed by atoms with van der Waals surface area (Å²) in [4.78, 5) is 21.7. The second-order valence-corrected chi connectivity index (χ2v) is 1.96. The number of hydrogen-bond acceptors (Lipinski definition) is 5. The van der Waals surface area contributed by atoms with E-state index < -0.39 is 11.9 Å². The van der Waals surface area contributed by atoms with E-state index in [2.05, 4.69) is 9.47 Å². The van der Waals surface area contributed by atoms with Crippen LogP contribution in [0.3, 0.4) is 0 Å². The molecule has 0 radical (unpaired) electrons. The van der Waals surface area contributed by atoms with Crippen molar-refractivity contribution in [3.8, 4) is 0 Å². The first-order chi connectivity index (χ1) is 6.15. The Kier molecular flexibility index (Phi) is 5.34. The van der Waals surface area contributed by atoms with Gasteiger partial charge in [0.15, 0.2) is 0 Å². The van der Waals surface area contributed by atoms with E-state index in [0.717, 1.165) is 6.08 Å². The molecular formula is C8H12O5. The molecule has 0 saturated carbocycles. The van der Waals surface area contributed by atoms with Crippen molar-refractivity contribution < 1.29 is 23.8 Å². The minimum atomic E-state index is -0.702. The molecule has 13 heavy (non-hydrogen) atoms. The van der Waals surface area contributed by atoms with E-state index >= 15 is 0 Å². The van der Waals surface area contributed by atoms with E-state index in [-0.39, 0.29) is 12.4 Å². The van der Waals surface area contributed by atoms with Crippen LogP contribution in [0.25, 0.3) is 0 Å². The highest BCUT2D eigenvalue weighted by Crippen LogP contribution is 2.00. The third-order valence-corrected chi connectivity index (χ3v) is 1.14. The van der Waals surface area contributed by atoms with Gasteiger partial charge in [-0.3, -0.25) is 0 Å². The van der Waals surface area contributed by atoms with Crippen LogP contribution in [-0.2, 0) is 23.8 Å². The molecule has 0 atom stereocenters. The third kappa shape index (κ3) is 4.15. The number of esters is 2. The summed E-state index contributed by atoms with van der Waals surface area (Å²) in [5, 5.41) is 0. The Bertz CT molecular complexity index is 219. The Morgan fingerprint density at radius 3 is 2.23 bits per heavy atom. The first kappa shape index (κ1) is 11.5. The molecule has 0 N–H and O–H groups in total. The van der Waals surface area contributed by atoms with Crippen LogP contribution in [0.1, 0.15) is 6.92 Å². The molecular weight excluding hydrogens is 176 g/mol. The normalized spacial score (nSPS) is 10.5. The van der Waals surface area contributed by atoms with E-state index in [0.29, 0.717) is 0 Å². The fraction of sp³-hybridized carbons (Fsp3) is 0.500. The maximum atomic E-state index is 10.9. The molecule has 0 rings (SSSR count). The summed E-state index contributed by atoms with van der Waals surface area (Å²) < 4.78 is 13.5. The molecule has 0 unspecified atom stereocenters. The molecule has 0 aromatic carbocycles. The van der Waals surface area contributed by atoms with Crippen molar-refractivity contribution in [1.82, 2.24) is 0 Å². The van der Waals surface area contributed by atoms with Gasteiger partial charge in [0.25, 0.3) is 0 Å². The molecule has 0 aliphatic heterocycles. The largest absolute Gasteiger partial charge is 0.487 e. The summed E-state index contributed by atoms with van der Waals surface area (Å²) >= 11 is 0. The van der Waals surface area contributed by atoms with Crippen LogP contribution < -0.4 is 0 Å². The average molecular weight is 188 g/mol. The van der Waals surface area contributed by atoms with Crippen LogP contribution in [0.4, 0.5) is 0 Å². The highest BCUT2D eigenvalue weighted by molar-refractivity contribution is 5.94. The van der Waals surface area contributed by atoms with Gasteiger partial charge in [-0.25, -0.2) is 9.59 Å². The van der Waals surface area contributed by atoms with Gasteiger partial charge in [-0.05, 0) is 6.92 Å². The molecule has 0 saturated heterocycles. The molecule has 0 aliphatic carbocycles. The molecule has 0 bridgehead atoms. The minimum Gasteiger partial charge on any atom is -0.487 e. The van der Waals surface area contributed by atoms with Gasteiger partial charge in [0.2, 0.25) is 5.76 Å². The quantitative estimate of drug-likeness (QED) is 0.359. The molecule has 5 heteroatoms. The summed E-state index contributed by atoms with van der Waals surface area (Å²) in [5.74, 6) is -1.52. The van der Waals surface area contributed by atoms with E-state index in [1.165, 1.54) is 14.2 Å². The fourth-order valence-electron chi connectivity index (χ4n) is 0.582. The Morgan fingerprint density at radius 2 is 1.85 bits per heavy atom. The number of carbonyl (C=O) groups is 2. The zero-order chi connectivity index (χ0) is 10.3. The maximum absolute atomic E-state index is 10.9. The Labute approximate surface area is 76.3 Å². The van der Waals surface area contributed by atoms with Crippen molar-refractivity contribution in [2.24, 2.45) is 0 Å². The zero-order valence-electron chi connectivity index (χ0n) is 7.83. The van der Waals surface area contributed by atoms with Gasteiger partial charge < -0.3 is 14.2 Å². The lowest BCUT2D eigenvalue weighted by Crippen LogP contribution is -2.11. The Balaban J connectivity index is 4.48. The van der Waals surface area contributed by atoms with Crippen molar-refractivity contribution in [2.45, 2.75) is 6.92 Å². The van der Waals surface area contributed by atoms with Crippen LogP contribution >= 0.6 is 0 Å². The summed E-state index contributed by atoms with van der Waals surface area (Å²) in [6, 6.07) is 0. The van der Waals surface area contributed by atoms with Gasteiger partial charge >= 0.3 is 11.9 Å². The first-order valence-electron chi connectivity index (χ1n) is 3.66. The number of hydrogen-bond donors (Lipinski definition) is 0. The van der Waals surface area contributed by atoms with Crippen LogP contribution in [0.5, 0.6) is 0 Å². The number of rotatable bonds is 4. The lowest BCUT2D eigenvalue weighted by molar-refractivity contribution is -0.142. The Hall–Kier alpha value is -1.52. The second-order valence-electron chi connectivity index (χ2n) is 1.96. The topological polar surface area (TPSA) is 61.8 Å². The fourth-order valence-corrected chi connectivity index (χ4v) is 0.582. The van der Waals surface area contributed by atoms with Gasteiger partial charge in [0.05, 0.1) is 26.9 Å². The highest BCUT2D eigenvalue weighted by Gasteiger charge is 2.12. The van der Waals surface area contributed by atoms with Crippen LogP contribution in [-0.4, -0.2) is 32.8 Å². The monoisotopic (exact) mass is 188 g/mol. The van der Waals surface area contributed by atoms with Gasteiger partial charge in [0.1, 0.15) is 0 Å². The SMILES string of the molecule is CCOC(=CC(=O)OC)C(=O)OC. The van der Waals surface area contributed by atoms with Gasteiger partial charge in [-0.2, -0.15) is 0 Å². The van der Waals surface area contributed by atoms with Crippen LogP contribution in [0.15, 0.2) is 11.8 Å². The lowest BCUT2D eigenvalue weighted by atomic mass is 10.4. The molecule has 0 aliphatic rings. The summed E-state index contributed by atoms with van der Waals surface area (Å²) in [5.41, 5.74) is 0. The van der Waals surface area contributed by atoms with E-state index in [1.54, 1.807) is 6.92 Å². The van der Waals surface area contributed by atoms with Gasteiger partial charge in [0, 0.05) is 0 Å². The minimum absolute atomic E-state index is 0.156. The molecule has 0 amide bonds. The van der Waals surface area contributed by atoms with Crippen molar-refractivity contribution in [3.05, 3.63) is 11.8 Å².